The number of benzene rings is 2. The molecule has 1 saturated heterocycles. The van der Waals surface area contributed by atoms with Gasteiger partial charge in [-0.3, -0.25) is 4.79 Å². The maximum atomic E-state index is 13.4. The molecule has 1 N–H and O–H groups in total. The van der Waals surface area contributed by atoms with Crippen LogP contribution in [-0.4, -0.2) is 49.0 Å². The molecule has 1 atom stereocenters. The van der Waals surface area contributed by atoms with E-state index in [1.165, 1.54) is 0 Å². The molecule has 6 nitrogen and oxygen atoms in total. The molecule has 0 bridgehead atoms. The number of hydrogen-bond acceptors (Lipinski definition) is 5. The third-order valence-corrected chi connectivity index (χ3v) is 6.67. The second-order valence-corrected chi connectivity index (χ2v) is 9.08. The van der Waals surface area contributed by atoms with Crippen molar-refractivity contribution in [2.75, 3.05) is 38.1 Å². The van der Waals surface area contributed by atoms with E-state index < -0.39 is 0 Å². The SMILES string of the molecule is Cc1ccc(N2CCN(C)CC2)cc1C(=O)NC(C)c1cc(-c2ccco2)nc2ccccc12. The van der Waals surface area contributed by atoms with E-state index in [1.807, 2.05) is 68.4 Å². The van der Waals surface area contributed by atoms with Crippen LogP contribution in [0.1, 0.15) is 34.5 Å². The first kappa shape index (κ1) is 22.2. The molecule has 1 aliphatic rings. The van der Waals surface area contributed by atoms with Crippen molar-refractivity contribution in [3.8, 4) is 11.5 Å². The number of pyridine rings is 1. The molecule has 1 aliphatic heterocycles. The highest BCUT2D eigenvalue weighted by molar-refractivity contribution is 5.97. The van der Waals surface area contributed by atoms with Crippen LogP contribution in [-0.2, 0) is 0 Å². The fraction of sp³-hybridized carbons (Fsp3) is 0.286. The predicted molar refractivity (Wildman–Crippen MR) is 136 cm³/mol. The van der Waals surface area contributed by atoms with Gasteiger partial charge < -0.3 is 19.5 Å². The number of hydrogen-bond donors (Lipinski definition) is 1. The Labute approximate surface area is 200 Å². The number of anilines is 1. The Balaban J connectivity index is 1.43. The van der Waals surface area contributed by atoms with Gasteiger partial charge in [0.2, 0.25) is 0 Å². The second-order valence-electron chi connectivity index (χ2n) is 9.08. The number of nitrogens with one attached hydrogen (secondary N) is 1. The molecule has 0 aliphatic carbocycles. The minimum Gasteiger partial charge on any atom is -0.463 e. The zero-order chi connectivity index (χ0) is 23.7. The van der Waals surface area contributed by atoms with Crippen molar-refractivity contribution in [3.63, 3.8) is 0 Å². The number of likely N-dealkylation sites (N-methyl/N-ethyl adjacent to an activating group) is 1. The van der Waals surface area contributed by atoms with Crippen LogP contribution in [0.4, 0.5) is 5.69 Å². The molecule has 1 amide bonds. The van der Waals surface area contributed by atoms with Crippen molar-refractivity contribution in [1.29, 1.82) is 0 Å². The van der Waals surface area contributed by atoms with E-state index in [2.05, 4.69) is 28.2 Å². The fourth-order valence-electron chi connectivity index (χ4n) is 4.58. The van der Waals surface area contributed by atoms with Crippen molar-refractivity contribution < 1.29 is 9.21 Å². The zero-order valence-electron chi connectivity index (χ0n) is 19.9. The number of carbonyl (C=O) groups excluding carboxylic acids is 1. The smallest absolute Gasteiger partial charge is 0.252 e. The maximum Gasteiger partial charge on any atom is 0.252 e. The van der Waals surface area contributed by atoms with Crippen molar-refractivity contribution in [3.05, 3.63) is 83.6 Å². The Hall–Kier alpha value is -3.64. The number of rotatable bonds is 5. The molecule has 6 heteroatoms. The van der Waals surface area contributed by atoms with Gasteiger partial charge in [0.1, 0.15) is 5.69 Å². The molecule has 3 heterocycles. The van der Waals surface area contributed by atoms with Gasteiger partial charge in [-0.25, -0.2) is 4.98 Å². The Morgan fingerprint density at radius 2 is 1.82 bits per heavy atom. The van der Waals surface area contributed by atoms with Gasteiger partial charge in [0.05, 0.1) is 17.8 Å². The normalized spacial score (nSPS) is 15.4. The van der Waals surface area contributed by atoms with Gasteiger partial charge in [0.25, 0.3) is 5.91 Å². The minimum absolute atomic E-state index is 0.0681. The highest BCUT2D eigenvalue weighted by Gasteiger charge is 2.20. The summed E-state index contributed by atoms with van der Waals surface area (Å²) in [5.74, 6) is 0.641. The number of furan rings is 1. The largest absolute Gasteiger partial charge is 0.463 e. The number of aryl methyl sites for hydroxylation is 1. The highest BCUT2D eigenvalue weighted by Crippen LogP contribution is 2.29. The lowest BCUT2D eigenvalue weighted by Crippen LogP contribution is -2.44. The average molecular weight is 455 g/mol. The van der Waals surface area contributed by atoms with Gasteiger partial charge >= 0.3 is 0 Å². The Morgan fingerprint density at radius 3 is 2.59 bits per heavy atom. The predicted octanol–water partition coefficient (Wildman–Crippen LogP) is 5.05. The first-order valence-electron chi connectivity index (χ1n) is 11.8. The van der Waals surface area contributed by atoms with Crippen LogP contribution < -0.4 is 10.2 Å². The minimum atomic E-state index is -0.208. The lowest BCUT2D eigenvalue weighted by Gasteiger charge is -2.34. The van der Waals surface area contributed by atoms with Crippen LogP contribution in [0.2, 0.25) is 0 Å². The summed E-state index contributed by atoms with van der Waals surface area (Å²) in [6, 6.07) is 19.8. The van der Waals surface area contributed by atoms with Gasteiger partial charge in [-0.15, -0.1) is 0 Å². The number of para-hydroxylation sites is 1. The Kier molecular flexibility index (Phi) is 6.07. The average Bonchev–Trinajstić information content (AvgIpc) is 3.39. The molecule has 1 fully saturated rings. The topological polar surface area (TPSA) is 61.6 Å². The summed E-state index contributed by atoms with van der Waals surface area (Å²) in [5, 5.41) is 4.25. The van der Waals surface area contributed by atoms with E-state index in [9.17, 15) is 4.79 Å². The van der Waals surface area contributed by atoms with Crippen LogP contribution in [0.3, 0.4) is 0 Å². The number of carbonyl (C=O) groups is 1. The van der Waals surface area contributed by atoms with Crippen molar-refractivity contribution in [1.82, 2.24) is 15.2 Å². The van der Waals surface area contributed by atoms with Gasteiger partial charge in [-0.1, -0.05) is 24.3 Å². The van der Waals surface area contributed by atoms with Crippen LogP contribution >= 0.6 is 0 Å². The molecule has 0 spiro atoms. The number of piperazine rings is 1. The van der Waals surface area contributed by atoms with E-state index in [1.54, 1.807) is 6.26 Å². The highest BCUT2D eigenvalue weighted by atomic mass is 16.3. The lowest BCUT2D eigenvalue weighted by molar-refractivity contribution is 0.0939. The summed E-state index contributed by atoms with van der Waals surface area (Å²) in [4.78, 5) is 22.9. The van der Waals surface area contributed by atoms with Crippen molar-refractivity contribution in [2.45, 2.75) is 19.9 Å². The molecule has 5 rings (SSSR count). The Bertz CT molecular complexity index is 1310. The number of fused-ring (bicyclic) bond motifs is 1. The first-order chi connectivity index (χ1) is 16.5. The molecular formula is C28H30N4O2. The summed E-state index contributed by atoms with van der Waals surface area (Å²) >= 11 is 0. The van der Waals surface area contributed by atoms with Gasteiger partial charge in [0.15, 0.2) is 5.76 Å². The van der Waals surface area contributed by atoms with E-state index >= 15 is 0 Å². The number of aromatic nitrogens is 1. The van der Waals surface area contributed by atoms with E-state index in [4.69, 9.17) is 9.40 Å². The molecule has 4 aromatic rings. The summed E-state index contributed by atoms with van der Waals surface area (Å²) < 4.78 is 5.59. The first-order valence-corrected chi connectivity index (χ1v) is 11.8. The van der Waals surface area contributed by atoms with Gasteiger partial charge in [-0.2, -0.15) is 0 Å². The molecule has 0 radical (unpaired) electrons. The lowest BCUT2D eigenvalue weighted by atomic mass is 10.00. The monoisotopic (exact) mass is 454 g/mol. The Morgan fingerprint density at radius 1 is 1.03 bits per heavy atom. The number of amides is 1. The van der Waals surface area contributed by atoms with Crippen LogP contribution in [0.15, 0.2) is 71.3 Å². The van der Waals surface area contributed by atoms with Crippen LogP contribution in [0.25, 0.3) is 22.4 Å². The van der Waals surface area contributed by atoms with E-state index in [0.717, 1.165) is 59.6 Å². The zero-order valence-corrected chi connectivity index (χ0v) is 19.9. The molecular weight excluding hydrogens is 424 g/mol. The van der Waals surface area contributed by atoms with Gasteiger partial charge in [-0.05, 0) is 68.4 Å². The summed E-state index contributed by atoms with van der Waals surface area (Å²) in [6.07, 6.45) is 1.65. The fourth-order valence-corrected chi connectivity index (χ4v) is 4.58. The molecule has 0 saturated carbocycles. The third kappa shape index (κ3) is 4.41. The second kappa shape index (κ2) is 9.31. The maximum absolute atomic E-state index is 13.4. The van der Waals surface area contributed by atoms with Crippen LogP contribution in [0, 0.1) is 6.92 Å². The summed E-state index contributed by atoms with van der Waals surface area (Å²) in [7, 11) is 2.15. The summed E-state index contributed by atoms with van der Waals surface area (Å²) in [5.41, 5.74) is 5.43. The summed E-state index contributed by atoms with van der Waals surface area (Å²) in [6.45, 7) is 8.00. The van der Waals surface area contributed by atoms with E-state index in [0.29, 0.717) is 11.3 Å². The third-order valence-electron chi connectivity index (χ3n) is 6.67. The van der Waals surface area contributed by atoms with Crippen LogP contribution in [0.5, 0.6) is 0 Å². The van der Waals surface area contributed by atoms with Crippen molar-refractivity contribution >= 4 is 22.5 Å². The number of nitrogens with zero attached hydrogens (tertiary/aromatic N) is 3. The van der Waals surface area contributed by atoms with Crippen molar-refractivity contribution in [2.24, 2.45) is 0 Å². The standard InChI is InChI=1S/C28H30N4O2/c1-19-10-11-21(32-14-12-31(3)13-15-32)17-23(19)28(33)29-20(2)24-18-26(27-9-6-16-34-27)30-25-8-5-4-7-22(24)25/h4-11,16-18,20H,12-15H2,1-3H3,(H,29,33). The molecule has 2 aromatic carbocycles. The molecule has 34 heavy (non-hydrogen) atoms. The molecule has 174 valence electrons. The van der Waals surface area contributed by atoms with E-state index in [-0.39, 0.29) is 11.9 Å². The molecule has 1 unspecified atom stereocenters. The molecule has 2 aromatic heterocycles. The van der Waals surface area contributed by atoms with Gasteiger partial charge in [0, 0.05) is 42.8 Å². The quantitative estimate of drug-likeness (QED) is 0.457.